The molecule has 2 nitrogen and oxygen atoms in total. The molecule has 1 aliphatic heterocycles. The number of anilines is 1. The maximum Gasteiger partial charge on any atom is 0.227 e. The minimum absolute atomic E-state index is 0.213. The molecule has 1 aromatic rings. The summed E-state index contributed by atoms with van der Waals surface area (Å²) in [4.78, 5) is 13.8. The van der Waals surface area contributed by atoms with Gasteiger partial charge in [-0.05, 0) is 29.5 Å². The SMILES string of the molecule is CC(C)C(Br)c1ccc2c(c1)CCC(=O)N2C. The summed E-state index contributed by atoms with van der Waals surface area (Å²) in [7, 11) is 1.86. The first kappa shape index (κ1) is 12.6. The summed E-state index contributed by atoms with van der Waals surface area (Å²) in [5, 5.41) is 0. The Hall–Kier alpha value is -0.830. The van der Waals surface area contributed by atoms with Gasteiger partial charge in [-0.3, -0.25) is 4.79 Å². The molecule has 1 unspecified atom stereocenters. The molecule has 0 bridgehead atoms. The van der Waals surface area contributed by atoms with Gasteiger partial charge in [-0.15, -0.1) is 0 Å². The van der Waals surface area contributed by atoms with Crippen LogP contribution in [0.4, 0.5) is 5.69 Å². The number of carbonyl (C=O) groups excluding carboxylic acids is 1. The van der Waals surface area contributed by atoms with Gasteiger partial charge in [-0.1, -0.05) is 41.9 Å². The van der Waals surface area contributed by atoms with E-state index in [2.05, 4.69) is 48.0 Å². The van der Waals surface area contributed by atoms with Crippen molar-refractivity contribution in [1.29, 1.82) is 0 Å². The predicted molar refractivity (Wildman–Crippen MR) is 74.7 cm³/mol. The van der Waals surface area contributed by atoms with Crippen molar-refractivity contribution in [3.63, 3.8) is 0 Å². The average molecular weight is 296 g/mol. The van der Waals surface area contributed by atoms with Crippen LogP contribution in [0, 0.1) is 5.92 Å². The standard InChI is InChI=1S/C14H18BrNO/c1-9(2)14(15)11-4-6-12-10(8-11)5-7-13(17)16(12)3/h4,6,8-9,14H,5,7H2,1-3H3. The van der Waals surface area contributed by atoms with Gasteiger partial charge >= 0.3 is 0 Å². The summed E-state index contributed by atoms with van der Waals surface area (Å²) in [6.45, 7) is 4.41. The number of fused-ring (bicyclic) bond motifs is 1. The number of carbonyl (C=O) groups is 1. The molecule has 0 radical (unpaired) electrons. The number of benzene rings is 1. The fourth-order valence-electron chi connectivity index (χ4n) is 2.23. The van der Waals surface area contributed by atoms with Crippen LogP contribution in [0.1, 0.15) is 36.2 Å². The lowest BCUT2D eigenvalue weighted by molar-refractivity contribution is -0.118. The van der Waals surface area contributed by atoms with E-state index in [1.165, 1.54) is 11.1 Å². The first-order valence-electron chi connectivity index (χ1n) is 6.04. The summed E-state index contributed by atoms with van der Waals surface area (Å²) < 4.78 is 0. The zero-order valence-corrected chi connectivity index (χ0v) is 12.1. The number of nitrogens with zero attached hydrogens (tertiary/aromatic N) is 1. The molecular formula is C14H18BrNO. The third kappa shape index (κ3) is 2.39. The lowest BCUT2D eigenvalue weighted by Crippen LogP contribution is -2.31. The van der Waals surface area contributed by atoms with Crippen LogP contribution in [0.2, 0.25) is 0 Å². The topological polar surface area (TPSA) is 20.3 Å². The third-order valence-electron chi connectivity index (χ3n) is 3.35. The highest BCUT2D eigenvalue weighted by Gasteiger charge is 2.22. The van der Waals surface area contributed by atoms with Crippen LogP contribution < -0.4 is 4.90 Å². The number of aryl methyl sites for hydroxylation is 1. The average Bonchev–Trinajstić information content (AvgIpc) is 2.32. The van der Waals surface area contributed by atoms with E-state index in [4.69, 9.17) is 0 Å². The van der Waals surface area contributed by atoms with Gasteiger partial charge in [0.15, 0.2) is 0 Å². The van der Waals surface area contributed by atoms with E-state index in [0.29, 0.717) is 17.2 Å². The second-order valence-electron chi connectivity index (χ2n) is 4.99. The van der Waals surface area contributed by atoms with Crippen LogP contribution >= 0.6 is 15.9 Å². The predicted octanol–water partition coefficient (Wildman–Crippen LogP) is 3.69. The normalized spacial score (nSPS) is 17.2. The van der Waals surface area contributed by atoms with Crippen molar-refractivity contribution in [3.05, 3.63) is 29.3 Å². The molecule has 1 atom stereocenters. The molecule has 1 heterocycles. The van der Waals surface area contributed by atoms with E-state index < -0.39 is 0 Å². The molecular weight excluding hydrogens is 278 g/mol. The molecule has 1 amide bonds. The Morgan fingerprint density at radius 2 is 2.00 bits per heavy atom. The summed E-state index contributed by atoms with van der Waals surface area (Å²) in [5.74, 6) is 0.778. The van der Waals surface area contributed by atoms with Gasteiger partial charge in [-0.25, -0.2) is 0 Å². The number of alkyl halides is 1. The Kier molecular flexibility index (Phi) is 3.57. The smallest absolute Gasteiger partial charge is 0.227 e. The molecule has 0 saturated heterocycles. The second-order valence-corrected chi connectivity index (χ2v) is 5.97. The van der Waals surface area contributed by atoms with Crippen molar-refractivity contribution in [2.75, 3.05) is 11.9 Å². The fourth-order valence-corrected chi connectivity index (χ4v) is 2.52. The van der Waals surface area contributed by atoms with Crippen molar-refractivity contribution in [1.82, 2.24) is 0 Å². The van der Waals surface area contributed by atoms with E-state index in [9.17, 15) is 4.79 Å². The van der Waals surface area contributed by atoms with E-state index >= 15 is 0 Å². The Morgan fingerprint density at radius 3 is 2.65 bits per heavy atom. The van der Waals surface area contributed by atoms with Gasteiger partial charge in [0, 0.05) is 24.0 Å². The highest BCUT2D eigenvalue weighted by molar-refractivity contribution is 9.09. The first-order chi connectivity index (χ1) is 8.00. The number of halogens is 1. The molecule has 0 aliphatic carbocycles. The van der Waals surface area contributed by atoms with E-state index in [1.54, 1.807) is 4.90 Å². The monoisotopic (exact) mass is 295 g/mol. The maximum absolute atomic E-state index is 11.6. The van der Waals surface area contributed by atoms with E-state index in [-0.39, 0.29) is 5.91 Å². The number of hydrogen-bond acceptors (Lipinski definition) is 1. The Morgan fingerprint density at radius 1 is 1.29 bits per heavy atom. The fraction of sp³-hybridized carbons (Fsp3) is 0.500. The lowest BCUT2D eigenvalue weighted by Gasteiger charge is -2.27. The molecule has 0 saturated carbocycles. The summed E-state index contributed by atoms with van der Waals surface area (Å²) in [6, 6.07) is 6.42. The zero-order valence-electron chi connectivity index (χ0n) is 10.5. The van der Waals surface area contributed by atoms with Gasteiger partial charge < -0.3 is 4.90 Å². The lowest BCUT2D eigenvalue weighted by atomic mass is 9.95. The highest BCUT2D eigenvalue weighted by atomic mass is 79.9. The quantitative estimate of drug-likeness (QED) is 0.762. The van der Waals surface area contributed by atoms with Crippen LogP contribution in [-0.4, -0.2) is 13.0 Å². The molecule has 0 N–H and O–H groups in total. The molecule has 1 aromatic carbocycles. The van der Waals surface area contributed by atoms with E-state index in [1.807, 2.05) is 7.05 Å². The molecule has 3 heteroatoms. The molecule has 17 heavy (non-hydrogen) atoms. The maximum atomic E-state index is 11.6. The van der Waals surface area contributed by atoms with Crippen molar-refractivity contribution in [2.45, 2.75) is 31.5 Å². The van der Waals surface area contributed by atoms with Crippen LogP contribution in [0.3, 0.4) is 0 Å². The largest absolute Gasteiger partial charge is 0.315 e. The Labute approximate surface area is 111 Å². The third-order valence-corrected chi connectivity index (χ3v) is 4.94. The van der Waals surface area contributed by atoms with Crippen molar-refractivity contribution in [3.8, 4) is 0 Å². The van der Waals surface area contributed by atoms with Crippen LogP contribution in [-0.2, 0) is 11.2 Å². The number of rotatable bonds is 2. The molecule has 0 spiro atoms. The highest BCUT2D eigenvalue weighted by Crippen LogP contribution is 2.35. The summed E-state index contributed by atoms with van der Waals surface area (Å²) in [6.07, 6.45) is 1.49. The molecule has 2 rings (SSSR count). The summed E-state index contributed by atoms with van der Waals surface area (Å²) in [5.41, 5.74) is 3.66. The van der Waals surface area contributed by atoms with Gasteiger partial charge in [0.25, 0.3) is 0 Å². The minimum atomic E-state index is 0.213. The van der Waals surface area contributed by atoms with Crippen molar-refractivity contribution < 1.29 is 4.79 Å². The molecule has 0 fully saturated rings. The van der Waals surface area contributed by atoms with Crippen molar-refractivity contribution >= 4 is 27.5 Å². The number of amides is 1. The van der Waals surface area contributed by atoms with Gasteiger partial charge in [0.2, 0.25) is 5.91 Å². The molecule has 1 aliphatic rings. The van der Waals surface area contributed by atoms with Gasteiger partial charge in [0.05, 0.1) is 0 Å². The first-order valence-corrected chi connectivity index (χ1v) is 6.95. The Balaban J connectivity index is 2.35. The second kappa shape index (κ2) is 4.81. The zero-order chi connectivity index (χ0) is 12.6. The van der Waals surface area contributed by atoms with Crippen LogP contribution in [0.5, 0.6) is 0 Å². The minimum Gasteiger partial charge on any atom is -0.315 e. The van der Waals surface area contributed by atoms with Gasteiger partial charge in [0.1, 0.15) is 0 Å². The Bertz CT molecular complexity index is 442. The molecule has 92 valence electrons. The van der Waals surface area contributed by atoms with Crippen LogP contribution in [0.15, 0.2) is 18.2 Å². The van der Waals surface area contributed by atoms with Crippen molar-refractivity contribution in [2.24, 2.45) is 5.92 Å². The summed E-state index contributed by atoms with van der Waals surface area (Å²) >= 11 is 3.72. The van der Waals surface area contributed by atoms with Crippen LogP contribution in [0.25, 0.3) is 0 Å². The molecule has 0 aromatic heterocycles. The van der Waals surface area contributed by atoms with E-state index in [0.717, 1.165) is 12.1 Å². The number of hydrogen-bond donors (Lipinski definition) is 0. The van der Waals surface area contributed by atoms with Gasteiger partial charge in [-0.2, -0.15) is 0 Å².